The largest absolute Gasteiger partial charge is 0.476 e. The molecular formula is C16H16N2O4S. The molecule has 0 spiro atoms. The first-order chi connectivity index (χ1) is 11.1. The average molecular weight is 332 g/mol. The SMILES string of the molecule is O=C(O)c1csc(-c2cccc(CNC(=O)C3CCOC3)c2)n1. The van der Waals surface area contributed by atoms with Gasteiger partial charge < -0.3 is 15.2 Å². The number of carbonyl (C=O) groups excluding carboxylic acids is 1. The van der Waals surface area contributed by atoms with Crippen LogP contribution in [-0.4, -0.2) is 35.2 Å². The lowest BCUT2D eigenvalue weighted by molar-refractivity contribution is -0.125. The van der Waals surface area contributed by atoms with Crippen molar-refractivity contribution in [2.45, 2.75) is 13.0 Å². The van der Waals surface area contributed by atoms with Gasteiger partial charge in [-0.3, -0.25) is 4.79 Å². The number of benzene rings is 1. The standard InChI is InChI=1S/C16H16N2O4S/c19-14(12-4-5-22-8-12)17-7-10-2-1-3-11(6-10)15-18-13(9-23-15)16(20)21/h1-3,6,9,12H,4-5,7-8H2,(H,17,19)(H,20,21). The summed E-state index contributed by atoms with van der Waals surface area (Å²) in [5, 5.41) is 14.0. The number of rotatable bonds is 5. The van der Waals surface area contributed by atoms with Crippen LogP contribution in [0.15, 0.2) is 29.6 Å². The highest BCUT2D eigenvalue weighted by atomic mass is 32.1. The second-order valence-corrected chi connectivity index (χ2v) is 6.18. The molecule has 0 bridgehead atoms. The first-order valence-electron chi connectivity index (χ1n) is 7.27. The first-order valence-corrected chi connectivity index (χ1v) is 8.15. The third-order valence-corrected chi connectivity index (χ3v) is 4.56. The van der Waals surface area contributed by atoms with Crippen LogP contribution in [0.3, 0.4) is 0 Å². The van der Waals surface area contributed by atoms with E-state index in [2.05, 4.69) is 10.3 Å². The van der Waals surface area contributed by atoms with E-state index in [1.54, 1.807) is 0 Å². The number of nitrogens with one attached hydrogen (secondary N) is 1. The van der Waals surface area contributed by atoms with E-state index < -0.39 is 5.97 Å². The van der Waals surface area contributed by atoms with Crippen molar-refractivity contribution < 1.29 is 19.4 Å². The van der Waals surface area contributed by atoms with Gasteiger partial charge in [0.25, 0.3) is 0 Å². The molecule has 0 aliphatic carbocycles. The van der Waals surface area contributed by atoms with Gasteiger partial charge in [-0.1, -0.05) is 18.2 Å². The van der Waals surface area contributed by atoms with Crippen molar-refractivity contribution in [1.29, 1.82) is 0 Å². The molecular weight excluding hydrogens is 316 g/mol. The Morgan fingerprint density at radius 3 is 3.00 bits per heavy atom. The van der Waals surface area contributed by atoms with Gasteiger partial charge in [-0.2, -0.15) is 0 Å². The Hall–Kier alpha value is -2.25. The average Bonchev–Trinajstić information content (AvgIpc) is 3.24. The normalized spacial score (nSPS) is 17.1. The number of amides is 1. The van der Waals surface area contributed by atoms with E-state index in [9.17, 15) is 9.59 Å². The van der Waals surface area contributed by atoms with Crippen molar-refractivity contribution in [2.24, 2.45) is 5.92 Å². The number of carbonyl (C=O) groups is 2. The van der Waals surface area contributed by atoms with E-state index in [1.807, 2.05) is 24.3 Å². The predicted octanol–water partition coefficient (Wildman–Crippen LogP) is 2.16. The van der Waals surface area contributed by atoms with Gasteiger partial charge in [-0.05, 0) is 18.1 Å². The Morgan fingerprint density at radius 1 is 1.43 bits per heavy atom. The van der Waals surface area contributed by atoms with Crippen molar-refractivity contribution in [3.63, 3.8) is 0 Å². The second-order valence-electron chi connectivity index (χ2n) is 5.32. The van der Waals surface area contributed by atoms with Crippen molar-refractivity contribution in [2.75, 3.05) is 13.2 Å². The van der Waals surface area contributed by atoms with Crippen LogP contribution in [-0.2, 0) is 16.1 Å². The lowest BCUT2D eigenvalue weighted by atomic mass is 10.1. The van der Waals surface area contributed by atoms with Crippen LogP contribution in [0.1, 0.15) is 22.5 Å². The van der Waals surface area contributed by atoms with Gasteiger partial charge in [0.1, 0.15) is 5.01 Å². The third-order valence-electron chi connectivity index (χ3n) is 3.66. The van der Waals surface area contributed by atoms with E-state index in [4.69, 9.17) is 9.84 Å². The molecule has 3 rings (SSSR count). The number of hydrogen-bond donors (Lipinski definition) is 2. The molecule has 1 aromatic carbocycles. The highest BCUT2D eigenvalue weighted by molar-refractivity contribution is 7.13. The summed E-state index contributed by atoms with van der Waals surface area (Å²) in [7, 11) is 0. The summed E-state index contributed by atoms with van der Waals surface area (Å²) in [6, 6.07) is 7.58. The van der Waals surface area contributed by atoms with Gasteiger partial charge in [-0.15, -0.1) is 11.3 Å². The number of thiazole rings is 1. The summed E-state index contributed by atoms with van der Waals surface area (Å²) < 4.78 is 5.21. The highest BCUT2D eigenvalue weighted by Crippen LogP contribution is 2.24. The number of aromatic nitrogens is 1. The fourth-order valence-electron chi connectivity index (χ4n) is 2.39. The molecule has 2 N–H and O–H groups in total. The number of ether oxygens (including phenoxy) is 1. The van der Waals surface area contributed by atoms with Crippen LogP contribution in [0.2, 0.25) is 0 Å². The summed E-state index contributed by atoms with van der Waals surface area (Å²) in [4.78, 5) is 27.0. The van der Waals surface area contributed by atoms with Gasteiger partial charge in [0.2, 0.25) is 5.91 Å². The fourth-order valence-corrected chi connectivity index (χ4v) is 3.18. The van der Waals surface area contributed by atoms with E-state index in [1.165, 1.54) is 16.7 Å². The molecule has 0 radical (unpaired) electrons. The molecule has 1 fully saturated rings. The van der Waals surface area contributed by atoms with Crippen LogP contribution in [0.4, 0.5) is 0 Å². The topological polar surface area (TPSA) is 88.5 Å². The van der Waals surface area contributed by atoms with Crippen molar-refractivity contribution in [3.05, 3.63) is 40.9 Å². The number of carboxylic acids is 1. The van der Waals surface area contributed by atoms with Crippen LogP contribution in [0, 0.1) is 5.92 Å². The number of carboxylic acid groups (broad SMARTS) is 1. The van der Waals surface area contributed by atoms with Crippen LogP contribution in [0.5, 0.6) is 0 Å². The van der Waals surface area contributed by atoms with Gasteiger partial charge >= 0.3 is 5.97 Å². The molecule has 23 heavy (non-hydrogen) atoms. The summed E-state index contributed by atoms with van der Waals surface area (Å²) in [6.07, 6.45) is 0.767. The van der Waals surface area contributed by atoms with Crippen molar-refractivity contribution in [3.8, 4) is 10.6 Å². The third kappa shape index (κ3) is 3.75. The maximum Gasteiger partial charge on any atom is 0.355 e. The molecule has 7 heteroatoms. The molecule has 1 amide bonds. The number of aromatic carboxylic acids is 1. The Kier molecular flexibility index (Phi) is 4.68. The number of nitrogens with zero attached hydrogens (tertiary/aromatic N) is 1. The van der Waals surface area contributed by atoms with Crippen molar-refractivity contribution in [1.82, 2.24) is 10.3 Å². The molecule has 1 aliphatic heterocycles. The summed E-state index contributed by atoms with van der Waals surface area (Å²) >= 11 is 1.29. The minimum atomic E-state index is -1.03. The Bertz CT molecular complexity index is 722. The lowest BCUT2D eigenvalue weighted by Gasteiger charge is -2.10. The molecule has 120 valence electrons. The van der Waals surface area contributed by atoms with E-state index in [-0.39, 0.29) is 17.5 Å². The molecule has 1 unspecified atom stereocenters. The molecule has 0 saturated carbocycles. The molecule has 2 heterocycles. The van der Waals surface area contributed by atoms with Gasteiger partial charge in [0, 0.05) is 24.1 Å². The van der Waals surface area contributed by atoms with Crippen molar-refractivity contribution >= 4 is 23.2 Å². The molecule has 6 nitrogen and oxygen atoms in total. The molecule has 1 aliphatic rings. The molecule has 2 aromatic rings. The van der Waals surface area contributed by atoms with E-state index in [0.29, 0.717) is 24.8 Å². The second kappa shape index (κ2) is 6.89. The molecule has 1 saturated heterocycles. The highest BCUT2D eigenvalue weighted by Gasteiger charge is 2.23. The summed E-state index contributed by atoms with van der Waals surface area (Å²) in [6.45, 7) is 1.56. The monoisotopic (exact) mass is 332 g/mol. The number of hydrogen-bond acceptors (Lipinski definition) is 5. The Balaban J connectivity index is 1.67. The first kappa shape index (κ1) is 15.6. The van der Waals surface area contributed by atoms with Gasteiger partial charge in [0.05, 0.1) is 12.5 Å². The Labute approximate surface area is 137 Å². The summed E-state index contributed by atoms with van der Waals surface area (Å²) in [5.41, 5.74) is 1.84. The smallest absolute Gasteiger partial charge is 0.355 e. The van der Waals surface area contributed by atoms with Crippen LogP contribution >= 0.6 is 11.3 Å². The minimum absolute atomic E-state index is 0.00955. The van der Waals surface area contributed by atoms with Crippen LogP contribution < -0.4 is 5.32 Å². The summed E-state index contributed by atoms with van der Waals surface area (Å²) in [5.74, 6) is -1.08. The lowest BCUT2D eigenvalue weighted by Crippen LogP contribution is -2.30. The van der Waals surface area contributed by atoms with E-state index in [0.717, 1.165) is 17.5 Å². The van der Waals surface area contributed by atoms with E-state index >= 15 is 0 Å². The maximum absolute atomic E-state index is 12.0. The maximum atomic E-state index is 12.0. The van der Waals surface area contributed by atoms with Gasteiger partial charge in [-0.25, -0.2) is 9.78 Å². The predicted molar refractivity (Wildman–Crippen MR) is 85.3 cm³/mol. The zero-order chi connectivity index (χ0) is 16.2. The zero-order valence-corrected chi connectivity index (χ0v) is 13.1. The fraction of sp³-hybridized carbons (Fsp3) is 0.312. The Morgan fingerprint density at radius 2 is 2.30 bits per heavy atom. The minimum Gasteiger partial charge on any atom is -0.476 e. The zero-order valence-electron chi connectivity index (χ0n) is 12.3. The quantitative estimate of drug-likeness (QED) is 0.876. The molecule has 1 atom stereocenters. The molecule has 1 aromatic heterocycles. The van der Waals surface area contributed by atoms with Gasteiger partial charge in [0.15, 0.2) is 5.69 Å². The van der Waals surface area contributed by atoms with Crippen LogP contribution in [0.25, 0.3) is 10.6 Å².